The van der Waals surface area contributed by atoms with E-state index in [2.05, 4.69) is 11.4 Å². The number of hydrogen-bond donors (Lipinski definition) is 1. The molecule has 0 aliphatic heterocycles. The molecule has 0 aliphatic carbocycles. The van der Waals surface area contributed by atoms with Crippen molar-refractivity contribution < 1.29 is 0 Å². The number of aryl methyl sites for hydroxylation is 1. The summed E-state index contributed by atoms with van der Waals surface area (Å²) in [5, 5.41) is 13.7. The lowest BCUT2D eigenvalue weighted by molar-refractivity contribution is 1.43. The van der Waals surface area contributed by atoms with Crippen molar-refractivity contribution in [3.8, 4) is 6.07 Å². The number of nitriles is 1. The monoisotopic (exact) mass is 310 g/mol. The van der Waals surface area contributed by atoms with E-state index in [1.54, 1.807) is 24.3 Å². The number of hydrogen-bond acceptors (Lipinski definition) is 2. The van der Waals surface area contributed by atoms with Gasteiger partial charge in [0.2, 0.25) is 0 Å². The lowest BCUT2D eigenvalue weighted by atomic mass is 10.1. The van der Waals surface area contributed by atoms with Gasteiger partial charge < -0.3 is 5.32 Å². The molecule has 0 bridgehead atoms. The third-order valence-electron chi connectivity index (χ3n) is 2.65. The lowest BCUT2D eigenvalue weighted by Crippen LogP contribution is -1.96. The molecule has 0 radical (unpaired) electrons. The second-order valence-electron chi connectivity index (χ2n) is 3.98. The van der Waals surface area contributed by atoms with Crippen LogP contribution in [-0.4, -0.2) is 0 Å². The van der Waals surface area contributed by atoms with E-state index in [1.165, 1.54) is 0 Å². The van der Waals surface area contributed by atoms with E-state index in [4.69, 9.17) is 40.1 Å². The molecule has 5 heteroatoms. The van der Waals surface area contributed by atoms with Gasteiger partial charge in [-0.05, 0) is 36.8 Å². The summed E-state index contributed by atoms with van der Waals surface area (Å²) >= 11 is 18.3. The quantitative estimate of drug-likeness (QED) is 0.787. The van der Waals surface area contributed by atoms with Crippen LogP contribution in [0.1, 0.15) is 11.1 Å². The largest absolute Gasteiger partial charge is 0.352 e. The van der Waals surface area contributed by atoms with Crippen molar-refractivity contribution in [1.29, 1.82) is 5.26 Å². The summed E-state index contributed by atoms with van der Waals surface area (Å²) in [4.78, 5) is 0. The van der Waals surface area contributed by atoms with E-state index >= 15 is 0 Å². The zero-order chi connectivity index (χ0) is 14.0. The summed E-state index contributed by atoms with van der Waals surface area (Å²) in [6.45, 7) is 1.88. The topological polar surface area (TPSA) is 35.8 Å². The Bertz CT molecular complexity index is 675. The summed E-state index contributed by atoms with van der Waals surface area (Å²) in [5.74, 6) is 0. The third-order valence-corrected chi connectivity index (χ3v) is 3.68. The second-order valence-corrected chi connectivity index (χ2v) is 5.20. The summed E-state index contributed by atoms with van der Waals surface area (Å²) in [6.07, 6.45) is 0. The summed E-state index contributed by atoms with van der Waals surface area (Å²) < 4.78 is 0. The van der Waals surface area contributed by atoms with Crippen LogP contribution in [0.2, 0.25) is 15.1 Å². The number of benzene rings is 2. The Kier molecular flexibility index (Phi) is 4.21. The first-order chi connectivity index (χ1) is 9.02. The SMILES string of the molecule is Cc1ccc(Cl)c(Nc2cc(Cl)ccc2C#N)c1Cl. The molecule has 0 fully saturated rings. The van der Waals surface area contributed by atoms with Crippen LogP contribution in [0.5, 0.6) is 0 Å². The summed E-state index contributed by atoms with van der Waals surface area (Å²) in [5.41, 5.74) is 2.51. The average Bonchev–Trinajstić information content (AvgIpc) is 2.39. The smallest absolute Gasteiger partial charge is 0.101 e. The first-order valence-corrected chi connectivity index (χ1v) is 6.57. The molecule has 0 amide bonds. The number of nitrogens with one attached hydrogen (secondary N) is 1. The predicted octanol–water partition coefficient (Wildman–Crippen LogP) is 5.57. The highest BCUT2D eigenvalue weighted by Gasteiger charge is 2.11. The third kappa shape index (κ3) is 2.96. The van der Waals surface area contributed by atoms with E-state index < -0.39 is 0 Å². The van der Waals surface area contributed by atoms with Crippen molar-refractivity contribution >= 4 is 46.2 Å². The van der Waals surface area contributed by atoms with E-state index in [0.29, 0.717) is 32.0 Å². The Morgan fingerprint density at radius 2 is 1.84 bits per heavy atom. The first-order valence-electron chi connectivity index (χ1n) is 5.44. The van der Waals surface area contributed by atoms with Crippen LogP contribution in [0, 0.1) is 18.3 Å². The van der Waals surface area contributed by atoms with Crippen LogP contribution >= 0.6 is 34.8 Å². The number of nitrogens with zero attached hydrogens (tertiary/aromatic N) is 1. The molecule has 96 valence electrons. The lowest BCUT2D eigenvalue weighted by Gasteiger charge is -2.13. The maximum Gasteiger partial charge on any atom is 0.101 e. The molecule has 0 heterocycles. The maximum atomic E-state index is 9.08. The van der Waals surface area contributed by atoms with E-state index in [9.17, 15) is 0 Å². The molecule has 2 aromatic rings. The molecule has 0 saturated heterocycles. The van der Waals surface area contributed by atoms with Gasteiger partial charge in [0.05, 0.1) is 27.0 Å². The van der Waals surface area contributed by atoms with Crippen LogP contribution in [-0.2, 0) is 0 Å². The van der Waals surface area contributed by atoms with Crippen LogP contribution in [0.4, 0.5) is 11.4 Å². The fourth-order valence-electron chi connectivity index (χ4n) is 1.62. The molecule has 0 spiro atoms. The predicted molar refractivity (Wildman–Crippen MR) is 80.6 cm³/mol. The Morgan fingerprint density at radius 3 is 2.53 bits per heavy atom. The molecule has 1 N–H and O–H groups in total. The zero-order valence-electron chi connectivity index (χ0n) is 9.97. The molecule has 19 heavy (non-hydrogen) atoms. The van der Waals surface area contributed by atoms with Crippen molar-refractivity contribution in [2.24, 2.45) is 0 Å². The minimum absolute atomic E-state index is 0.470. The maximum absolute atomic E-state index is 9.08. The minimum atomic E-state index is 0.470. The highest BCUT2D eigenvalue weighted by atomic mass is 35.5. The average molecular weight is 312 g/mol. The van der Waals surface area contributed by atoms with Crippen molar-refractivity contribution in [2.75, 3.05) is 5.32 Å². The van der Waals surface area contributed by atoms with Crippen LogP contribution < -0.4 is 5.32 Å². The van der Waals surface area contributed by atoms with Gasteiger partial charge in [0.15, 0.2) is 0 Å². The van der Waals surface area contributed by atoms with E-state index in [1.807, 2.05) is 13.0 Å². The summed E-state index contributed by atoms with van der Waals surface area (Å²) in [6, 6.07) is 10.6. The normalized spacial score (nSPS) is 10.1. The molecular weight excluding hydrogens is 303 g/mol. The first kappa shape index (κ1) is 14.0. The highest BCUT2D eigenvalue weighted by molar-refractivity contribution is 6.39. The van der Waals surface area contributed by atoms with Gasteiger partial charge in [-0.3, -0.25) is 0 Å². The van der Waals surface area contributed by atoms with E-state index in [-0.39, 0.29) is 0 Å². The van der Waals surface area contributed by atoms with Gasteiger partial charge in [-0.25, -0.2) is 0 Å². The molecular formula is C14H9Cl3N2. The Hall–Kier alpha value is -1.40. The minimum Gasteiger partial charge on any atom is -0.352 e. The van der Waals surface area contributed by atoms with Gasteiger partial charge >= 0.3 is 0 Å². The molecule has 0 aromatic heterocycles. The number of rotatable bonds is 2. The zero-order valence-corrected chi connectivity index (χ0v) is 12.2. The molecule has 0 saturated carbocycles. The molecule has 2 aromatic carbocycles. The molecule has 0 unspecified atom stereocenters. The summed E-state index contributed by atoms with van der Waals surface area (Å²) in [7, 11) is 0. The number of halogens is 3. The standard InChI is InChI=1S/C14H9Cl3N2/c1-8-2-5-11(16)14(13(8)17)19-12-6-10(15)4-3-9(12)7-18/h2-6,19H,1H3. The van der Waals surface area contributed by atoms with Gasteiger partial charge in [-0.1, -0.05) is 40.9 Å². The second kappa shape index (κ2) is 5.71. The van der Waals surface area contributed by atoms with Gasteiger partial charge in [-0.2, -0.15) is 5.26 Å². The van der Waals surface area contributed by atoms with Crippen LogP contribution in [0.25, 0.3) is 0 Å². The molecule has 2 rings (SSSR count). The molecule has 0 aliphatic rings. The highest BCUT2D eigenvalue weighted by Crippen LogP contribution is 2.36. The van der Waals surface area contributed by atoms with Crippen molar-refractivity contribution in [2.45, 2.75) is 6.92 Å². The van der Waals surface area contributed by atoms with Crippen molar-refractivity contribution in [3.63, 3.8) is 0 Å². The van der Waals surface area contributed by atoms with Gasteiger partial charge in [0.25, 0.3) is 0 Å². The van der Waals surface area contributed by atoms with Crippen LogP contribution in [0.15, 0.2) is 30.3 Å². The van der Waals surface area contributed by atoms with Crippen molar-refractivity contribution in [1.82, 2.24) is 0 Å². The van der Waals surface area contributed by atoms with E-state index in [0.717, 1.165) is 5.56 Å². The molecule has 2 nitrogen and oxygen atoms in total. The Balaban J connectivity index is 2.51. The number of anilines is 2. The molecule has 0 atom stereocenters. The van der Waals surface area contributed by atoms with Gasteiger partial charge in [-0.15, -0.1) is 0 Å². The van der Waals surface area contributed by atoms with Crippen molar-refractivity contribution in [3.05, 3.63) is 56.5 Å². The van der Waals surface area contributed by atoms with Gasteiger partial charge in [0.1, 0.15) is 6.07 Å². The van der Waals surface area contributed by atoms with Gasteiger partial charge in [0, 0.05) is 5.02 Å². The van der Waals surface area contributed by atoms with Crippen LogP contribution in [0.3, 0.4) is 0 Å². The Labute approximate surface area is 126 Å². The Morgan fingerprint density at radius 1 is 1.11 bits per heavy atom. The fraction of sp³-hybridized carbons (Fsp3) is 0.0714. The fourth-order valence-corrected chi connectivity index (χ4v) is 2.26.